The Morgan fingerprint density at radius 2 is 2.35 bits per heavy atom. The molecule has 1 aliphatic heterocycles. The third-order valence-electron chi connectivity index (χ3n) is 3.21. The predicted molar refractivity (Wildman–Crippen MR) is 86.8 cm³/mol. The van der Waals surface area contributed by atoms with E-state index in [1.807, 2.05) is 0 Å². The van der Waals surface area contributed by atoms with Crippen LogP contribution < -0.4 is 10.2 Å². The molecule has 0 amide bonds. The van der Waals surface area contributed by atoms with Crippen LogP contribution in [-0.4, -0.2) is 34.9 Å². The van der Waals surface area contributed by atoms with E-state index in [4.69, 9.17) is 14.1 Å². The maximum atomic E-state index is 11.6. The van der Waals surface area contributed by atoms with Gasteiger partial charge in [-0.2, -0.15) is 0 Å². The first-order chi connectivity index (χ1) is 11.1. The van der Waals surface area contributed by atoms with Crippen LogP contribution in [0.5, 0.6) is 10.9 Å². The van der Waals surface area contributed by atoms with Gasteiger partial charge in [-0.1, -0.05) is 11.2 Å². The molecule has 120 valence electrons. The van der Waals surface area contributed by atoms with Crippen molar-refractivity contribution in [2.45, 2.75) is 19.4 Å². The van der Waals surface area contributed by atoms with Crippen molar-refractivity contribution in [3.8, 4) is 10.9 Å². The Balaban J connectivity index is 1.77. The first-order valence-electron chi connectivity index (χ1n) is 6.86. The van der Waals surface area contributed by atoms with Crippen molar-refractivity contribution in [2.24, 2.45) is 0 Å². The lowest BCUT2D eigenvalue weighted by Gasteiger charge is -2.11. The summed E-state index contributed by atoms with van der Waals surface area (Å²) in [4.78, 5) is 11.6. The van der Waals surface area contributed by atoms with Crippen molar-refractivity contribution < 1.29 is 23.9 Å². The summed E-state index contributed by atoms with van der Waals surface area (Å²) < 4.78 is 16.5. The number of hydrogen-bond donors (Lipinski definition) is 1. The predicted octanol–water partition coefficient (Wildman–Crippen LogP) is 1.80. The molecule has 0 fully saturated rings. The van der Waals surface area contributed by atoms with Gasteiger partial charge in [0.25, 0.3) is 5.19 Å². The van der Waals surface area contributed by atoms with Gasteiger partial charge in [-0.25, -0.2) is 0 Å². The molecule has 3 rings (SSSR count). The summed E-state index contributed by atoms with van der Waals surface area (Å²) in [6, 6.07) is 5.16. The van der Waals surface area contributed by atoms with Gasteiger partial charge in [0, 0.05) is 0 Å². The highest BCUT2D eigenvalue weighted by Gasteiger charge is 2.36. The third-order valence-corrected chi connectivity index (χ3v) is 4.44. The second-order valence-corrected chi connectivity index (χ2v) is 6.92. The van der Waals surface area contributed by atoms with Crippen LogP contribution in [0.3, 0.4) is 0 Å². The molecule has 2 aromatic rings. The number of ether oxygens (including phenoxy) is 2. The van der Waals surface area contributed by atoms with Crippen LogP contribution in [0, 0.1) is 0 Å². The summed E-state index contributed by atoms with van der Waals surface area (Å²) in [5.41, 5.74) is 1.32. The molecule has 1 aromatic carbocycles. The average Bonchev–Trinajstić information content (AvgIpc) is 3.04. The van der Waals surface area contributed by atoms with Crippen LogP contribution >= 0.6 is 27.3 Å². The number of fused-ring (bicyclic) bond motifs is 1. The SMILES string of the molecule is CCOC(=O)CC1OB(O)c2cc(Oc3nnc(Br)s3)ccc21. The van der Waals surface area contributed by atoms with E-state index < -0.39 is 13.2 Å². The fourth-order valence-corrected chi connectivity index (χ4v) is 3.23. The van der Waals surface area contributed by atoms with Crippen LogP contribution in [0.1, 0.15) is 25.0 Å². The number of rotatable bonds is 5. The van der Waals surface area contributed by atoms with Crippen molar-refractivity contribution in [3.05, 3.63) is 27.7 Å². The molecule has 10 heteroatoms. The molecule has 0 aliphatic carbocycles. The molecule has 7 nitrogen and oxygen atoms in total. The Labute approximate surface area is 144 Å². The number of benzene rings is 1. The topological polar surface area (TPSA) is 90.8 Å². The van der Waals surface area contributed by atoms with Gasteiger partial charge >= 0.3 is 13.1 Å². The lowest BCUT2D eigenvalue weighted by Crippen LogP contribution is -2.28. The molecule has 0 saturated heterocycles. The molecule has 2 heterocycles. The highest BCUT2D eigenvalue weighted by atomic mass is 79.9. The smallest absolute Gasteiger partial charge is 0.466 e. The standard InChI is InChI=1S/C13H12BBrN2O5S/c1-2-20-11(18)6-10-8-4-3-7(5-9(8)14(19)22-10)21-13-17-16-12(15)23-13/h3-5,10,19H,2,6H2,1H3. The zero-order chi connectivity index (χ0) is 16.4. The molecule has 0 radical (unpaired) electrons. The van der Waals surface area contributed by atoms with Crippen LogP contribution in [0.2, 0.25) is 0 Å². The summed E-state index contributed by atoms with van der Waals surface area (Å²) in [6.45, 7) is 2.05. The van der Waals surface area contributed by atoms with E-state index in [0.29, 0.717) is 26.9 Å². The number of carbonyl (C=O) groups is 1. The Kier molecular flexibility index (Phi) is 4.95. The Bertz CT molecular complexity index is 728. The largest absolute Gasteiger partial charge is 0.492 e. The molecule has 0 spiro atoms. The van der Waals surface area contributed by atoms with Crippen molar-refractivity contribution in [1.29, 1.82) is 0 Å². The fraction of sp³-hybridized carbons (Fsp3) is 0.308. The number of esters is 1. The molecule has 1 atom stereocenters. The number of hydrogen-bond acceptors (Lipinski definition) is 8. The van der Waals surface area contributed by atoms with Crippen LogP contribution in [0.15, 0.2) is 22.1 Å². The maximum absolute atomic E-state index is 11.6. The quantitative estimate of drug-likeness (QED) is 0.606. The van der Waals surface area contributed by atoms with E-state index in [2.05, 4.69) is 26.1 Å². The molecular formula is C13H12BBrN2O5S. The minimum atomic E-state index is -1.10. The molecule has 1 aliphatic rings. The van der Waals surface area contributed by atoms with Crippen molar-refractivity contribution in [1.82, 2.24) is 10.2 Å². The second kappa shape index (κ2) is 6.96. The Hall–Kier alpha value is -1.49. The van der Waals surface area contributed by atoms with Crippen molar-refractivity contribution in [2.75, 3.05) is 6.61 Å². The summed E-state index contributed by atoms with van der Waals surface area (Å²) >= 11 is 4.46. The number of nitrogens with zero attached hydrogens (tertiary/aromatic N) is 2. The van der Waals surface area contributed by atoms with Gasteiger partial charge in [0.15, 0.2) is 3.92 Å². The maximum Gasteiger partial charge on any atom is 0.492 e. The van der Waals surface area contributed by atoms with Crippen LogP contribution in [0.4, 0.5) is 0 Å². The van der Waals surface area contributed by atoms with Gasteiger partial charge in [-0.3, -0.25) is 4.79 Å². The third kappa shape index (κ3) is 3.71. The zero-order valence-electron chi connectivity index (χ0n) is 12.1. The van der Waals surface area contributed by atoms with Crippen LogP contribution in [-0.2, 0) is 14.2 Å². The summed E-state index contributed by atoms with van der Waals surface area (Å²) in [5, 5.41) is 18.0. The number of aromatic nitrogens is 2. The normalized spacial score (nSPS) is 16.3. The highest BCUT2D eigenvalue weighted by molar-refractivity contribution is 9.11. The van der Waals surface area contributed by atoms with Gasteiger partial charge in [-0.15, -0.1) is 5.10 Å². The summed E-state index contributed by atoms with van der Waals surface area (Å²) in [7, 11) is -1.10. The molecule has 1 N–H and O–H groups in total. The first-order valence-corrected chi connectivity index (χ1v) is 8.47. The minimum absolute atomic E-state index is 0.0570. The number of carbonyl (C=O) groups excluding carboxylic acids is 1. The lowest BCUT2D eigenvalue weighted by molar-refractivity contribution is -0.145. The minimum Gasteiger partial charge on any atom is -0.466 e. The summed E-state index contributed by atoms with van der Waals surface area (Å²) in [6.07, 6.45) is -0.467. The molecule has 0 saturated carbocycles. The van der Waals surface area contributed by atoms with Crippen molar-refractivity contribution in [3.63, 3.8) is 0 Å². The van der Waals surface area contributed by atoms with Gasteiger partial charge < -0.3 is 19.2 Å². The monoisotopic (exact) mass is 398 g/mol. The van der Waals surface area contributed by atoms with Gasteiger partial charge in [0.05, 0.1) is 19.1 Å². The van der Waals surface area contributed by atoms with E-state index in [-0.39, 0.29) is 12.4 Å². The Morgan fingerprint density at radius 3 is 3.04 bits per heavy atom. The van der Waals surface area contributed by atoms with E-state index in [9.17, 15) is 9.82 Å². The van der Waals surface area contributed by atoms with E-state index in [1.165, 1.54) is 11.3 Å². The van der Waals surface area contributed by atoms with E-state index in [0.717, 1.165) is 5.56 Å². The van der Waals surface area contributed by atoms with Gasteiger partial charge in [0.1, 0.15) is 5.75 Å². The van der Waals surface area contributed by atoms with Crippen molar-refractivity contribution >= 4 is 45.8 Å². The molecule has 1 unspecified atom stereocenters. The first kappa shape index (κ1) is 16.4. The van der Waals surface area contributed by atoms with E-state index >= 15 is 0 Å². The van der Waals surface area contributed by atoms with E-state index in [1.54, 1.807) is 25.1 Å². The second-order valence-electron chi connectivity index (χ2n) is 4.70. The average molecular weight is 399 g/mol. The zero-order valence-corrected chi connectivity index (χ0v) is 14.5. The molecule has 23 heavy (non-hydrogen) atoms. The Morgan fingerprint density at radius 1 is 1.52 bits per heavy atom. The fourth-order valence-electron chi connectivity index (χ4n) is 2.29. The highest BCUT2D eigenvalue weighted by Crippen LogP contribution is 2.31. The molecule has 1 aromatic heterocycles. The van der Waals surface area contributed by atoms with Gasteiger partial charge in [0.2, 0.25) is 0 Å². The number of halogens is 1. The van der Waals surface area contributed by atoms with Crippen LogP contribution in [0.25, 0.3) is 0 Å². The summed E-state index contributed by atoms with van der Waals surface area (Å²) in [5.74, 6) is 0.142. The van der Waals surface area contributed by atoms with Gasteiger partial charge in [-0.05, 0) is 57.3 Å². The molecular weight excluding hydrogens is 387 g/mol. The lowest BCUT2D eigenvalue weighted by atomic mass is 9.79. The molecule has 0 bridgehead atoms.